The third-order valence-electron chi connectivity index (χ3n) is 3.32. The molecule has 0 radical (unpaired) electrons. The molecule has 1 saturated carbocycles. The molecule has 17 heavy (non-hydrogen) atoms. The maximum atomic E-state index is 5.94. The average molecular weight is 250 g/mol. The summed E-state index contributed by atoms with van der Waals surface area (Å²) in [7, 11) is 0. The van der Waals surface area contributed by atoms with Crippen molar-refractivity contribution in [1.29, 1.82) is 0 Å². The molecule has 1 aliphatic carbocycles. The van der Waals surface area contributed by atoms with Crippen LogP contribution in [0.15, 0.2) is 29.2 Å². The van der Waals surface area contributed by atoms with Crippen molar-refractivity contribution in [2.24, 2.45) is 5.73 Å². The predicted octanol–water partition coefficient (Wildman–Crippen LogP) is 3.48. The fourth-order valence-electron chi connectivity index (χ4n) is 2.35. The van der Waals surface area contributed by atoms with Gasteiger partial charge in [0.2, 0.25) is 0 Å². The van der Waals surface area contributed by atoms with Gasteiger partial charge in [-0.05, 0) is 43.6 Å². The topological polar surface area (TPSA) is 38.0 Å². The average Bonchev–Trinajstić information content (AvgIpc) is 2.35. The van der Waals surface area contributed by atoms with E-state index in [-0.39, 0.29) is 0 Å². The first-order chi connectivity index (χ1) is 8.29. The molecule has 2 rings (SSSR count). The van der Waals surface area contributed by atoms with Crippen molar-refractivity contribution in [2.75, 3.05) is 11.1 Å². The summed E-state index contributed by atoms with van der Waals surface area (Å²) in [4.78, 5) is 1.37. The predicted molar refractivity (Wildman–Crippen MR) is 76.7 cm³/mol. The molecule has 94 valence electrons. The minimum atomic E-state index is 0.424. The molecule has 0 bridgehead atoms. The molecule has 0 spiro atoms. The van der Waals surface area contributed by atoms with Crippen molar-refractivity contribution in [3.05, 3.63) is 24.3 Å². The van der Waals surface area contributed by atoms with E-state index < -0.39 is 0 Å². The normalized spacial score (nSPS) is 24.6. The molecule has 0 saturated heterocycles. The lowest BCUT2D eigenvalue weighted by Gasteiger charge is -2.28. The second-order valence-corrected chi connectivity index (χ2v) is 5.99. The fraction of sp³-hybridized carbons (Fsp3) is 0.571. The molecule has 1 aromatic carbocycles. The molecule has 3 heteroatoms. The highest BCUT2D eigenvalue weighted by molar-refractivity contribution is 7.99. The van der Waals surface area contributed by atoms with Gasteiger partial charge in [-0.3, -0.25) is 0 Å². The minimum Gasteiger partial charge on any atom is -0.381 e. The van der Waals surface area contributed by atoms with Gasteiger partial charge in [-0.25, -0.2) is 0 Å². The van der Waals surface area contributed by atoms with Gasteiger partial charge >= 0.3 is 0 Å². The number of nitrogens with one attached hydrogen (secondary N) is 1. The van der Waals surface area contributed by atoms with Crippen molar-refractivity contribution < 1.29 is 0 Å². The van der Waals surface area contributed by atoms with Gasteiger partial charge in [-0.1, -0.05) is 19.1 Å². The molecular weight excluding hydrogens is 228 g/mol. The lowest BCUT2D eigenvalue weighted by molar-refractivity contribution is 0.411. The molecular formula is C14H22N2S. The number of hydrogen-bond donors (Lipinski definition) is 2. The van der Waals surface area contributed by atoms with E-state index in [1.54, 1.807) is 0 Å². The Morgan fingerprint density at radius 2 is 1.94 bits per heavy atom. The van der Waals surface area contributed by atoms with Gasteiger partial charge in [0.1, 0.15) is 0 Å². The van der Waals surface area contributed by atoms with Crippen LogP contribution in [0.3, 0.4) is 0 Å². The quantitative estimate of drug-likeness (QED) is 0.803. The molecule has 3 N–H and O–H groups in total. The first-order valence-corrected chi connectivity index (χ1v) is 7.52. The van der Waals surface area contributed by atoms with E-state index in [2.05, 4.69) is 36.5 Å². The third-order valence-corrected chi connectivity index (χ3v) is 4.27. The molecule has 0 aliphatic heterocycles. The number of hydrogen-bond acceptors (Lipinski definition) is 3. The molecule has 0 atom stereocenters. The van der Waals surface area contributed by atoms with E-state index in [4.69, 9.17) is 5.73 Å². The SMILES string of the molecule is CCSc1ccccc1NC1CCC(N)CC1. The van der Waals surface area contributed by atoms with Crippen LogP contribution < -0.4 is 11.1 Å². The van der Waals surface area contributed by atoms with Crippen molar-refractivity contribution >= 4 is 17.4 Å². The van der Waals surface area contributed by atoms with Crippen LogP contribution in [0.2, 0.25) is 0 Å². The van der Waals surface area contributed by atoms with E-state index in [0.29, 0.717) is 12.1 Å². The Balaban J connectivity index is 1.98. The molecule has 1 aliphatic rings. The lowest BCUT2D eigenvalue weighted by Crippen LogP contribution is -2.32. The van der Waals surface area contributed by atoms with Gasteiger partial charge < -0.3 is 11.1 Å². The third kappa shape index (κ3) is 3.65. The van der Waals surface area contributed by atoms with Crippen molar-refractivity contribution in [3.63, 3.8) is 0 Å². The zero-order chi connectivity index (χ0) is 12.1. The summed E-state index contributed by atoms with van der Waals surface area (Å²) < 4.78 is 0. The van der Waals surface area contributed by atoms with Crippen LogP contribution in [-0.2, 0) is 0 Å². The lowest BCUT2D eigenvalue weighted by atomic mass is 9.92. The van der Waals surface area contributed by atoms with E-state index in [9.17, 15) is 0 Å². The summed E-state index contributed by atoms with van der Waals surface area (Å²) in [6.45, 7) is 2.20. The Labute approximate surface area is 108 Å². The van der Waals surface area contributed by atoms with Gasteiger partial charge in [0.25, 0.3) is 0 Å². The summed E-state index contributed by atoms with van der Waals surface area (Å²) in [5.74, 6) is 1.12. The summed E-state index contributed by atoms with van der Waals surface area (Å²) >= 11 is 1.90. The molecule has 2 nitrogen and oxygen atoms in total. The molecule has 0 aromatic heterocycles. The Morgan fingerprint density at radius 1 is 1.24 bits per heavy atom. The van der Waals surface area contributed by atoms with Crippen molar-refractivity contribution in [2.45, 2.75) is 49.6 Å². The number of thioether (sulfide) groups is 1. The van der Waals surface area contributed by atoms with Crippen molar-refractivity contribution in [1.82, 2.24) is 0 Å². The highest BCUT2D eigenvalue weighted by Crippen LogP contribution is 2.29. The number of rotatable bonds is 4. The first kappa shape index (κ1) is 12.8. The van der Waals surface area contributed by atoms with Gasteiger partial charge in [0.05, 0.1) is 0 Å². The maximum absolute atomic E-state index is 5.94. The molecule has 1 fully saturated rings. The Morgan fingerprint density at radius 3 is 2.65 bits per heavy atom. The molecule has 0 heterocycles. The second kappa shape index (κ2) is 6.31. The number of anilines is 1. The smallest absolute Gasteiger partial charge is 0.0480 e. The highest BCUT2D eigenvalue weighted by atomic mass is 32.2. The number of benzene rings is 1. The van der Waals surface area contributed by atoms with Crippen LogP contribution in [0, 0.1) is 0 Å². The summed E-state index contributed by atoms with van der Waals surface area (Å²) in [5, 5.41) is 3.68. The standard InChI is InChI=1S/C14H22N2S/c1-2-17-14-6-4-3-5-13(14)16-12-9-7-11(15)8-10-12/h3-6,11-12,16H,2,7-10,15H2,1H3. The van der Waals surface area contributed by atoms with E-state index in [0.717, 1.165) is 18.6 Å². The largest absolute Gasteiger partial charge is 0.381 e. The van der Waals surface area contributed by atoms with E-state index >= 15 is 0 Å². The van der Waals surface area contributed by atoms with Gasteiger partial charge in [-0.15, -0.1) is 11.8 Å². The Bertz CT molecular complexity index is 346. The second-order valence-electron chi connectivity index (χ2n) is 4.69. The minimum absolute atomic E-state index is 0.424. The van der Waals surface area contributed by atoms with Gasteiger partial charge in [0.15, 0.2) is 0 Å². The Kier molecular flexibility index (Phi) is 4.75. The first-order valence-electron chi connectivity index (χ1n) is 6.53. The van der Waals surface area contributed by atoms with E-state index in [1.165, 1.54) is 23.4 Å². The summed E-state index contributed by atoms with van der Waals surface area (Å²) in [5.41, 5.74) is 7.23. The zero-order valence-electron chi connectivity index (χ0n) is 10.5. The van der Waals surface area contributed by atoms with Gasteiger partial charge in [-0.2, -0.15) is 0 Å². The van der Waals surface area contributed by atoms with Crippen molar-refractivity contribution in [3.8, 4) is 0 Å². The van der Waals surface area contributed by atoms with Crippen LogP contribution in [-0.4, -0.2) is 17.8 Å². The van der Waals surface area contributed by atoms with Crippen LogP contribution in [0.4, 0.5) is 5.69 Å². The summed E-state index contributed by atoms with van der Waals surface area (Å²) in [6.07, 6.45) is 4.71. The maximum Gasteiger partial charge on any atom is 0.0480 e. The fourth-order valence-corrected chi connectivity index (χ4v) is 3.12. The number of para-hydroxylation sites is 1. The van der Waals surface area contributed by atoms with Crippen LogP contribution in [0.5, 0.6) is 0 Å². The van der Waals surface area contributed by atoms with Crippen LogP contribution in [0.1, 0.15) is 32.6 Å². The monoisotopic (exact) mass is 250 g/mol. The number of nitrogens with two attached hydrogens (primary N) is 1. The van der Waals surface area contributed by atoms with Crippen LogP contribution >= 0.6 is 11.8 Å². The molecule has 0 unspecified atom stereocenters. The Hall–Kier alpha value is -0.670. The molecule has 0 amide bonds. The van der Waals surface area contributed by atoms with Crippen LogP contribution in [0.25, 0.3) is 0 Å². The molecule has 1 aromatic rings. The van der Waals surface area contributed by atoms with E-state index in [1.807, 2.05) is 11.8 Å². The highest BCUT2D eigenvalue weighted by Gasteiger charge is 2.18. The zero-order valence-corrected chi connectivity index (χ0v) is 11.3. The van der Waals surface area contributed by atoms with Gasteiger partial charge in [0, 0.05) is 22.7 Å². The summed E-state index contributed by atoms with van der Waals surface area (Å²) in [6, 6.07) is 9.63.